The third-order valence-electron chi connectivity index (χ3n) is 16.5. The number of hydrogen-bond acceptors (Lipinski definition) is 4. The van der Waals surface area contributed by atoms with Crippen molar-refractivity contribution < 1.29 is 20.1 Å². The Labute approximate surface area is 476 Å². The van der Waals surface area contributed by atoms with Gasteiger partial charge in [-0.2, -0.15) is 0 Å². The van der Waals surface area contributed by atoms with Crippen molar-refractivity contribution in [2.75, 3.05) is 6.61 Å². The summed E-state index contributed by atoms with van der Waals surface area (Å²) in [5, 5.41) is 33.9. The summed E-state index contributed by atoms with van der Waals surface area (Å²) >= 11 is 0. The summed E-state index contributed by atoms with van der Waals surface area (Å²) in [6.45, 7) is 4.22. The fourth-order valence-electron chi connectivity index (χ4n) is 11.1. The molecular formula is C71H137NO4. The van der Waals surface area contributed by atoms with Crippen LogP contribution in [0, 0.1) is 0 Å². The van der Waals surface area contributed by atoms with Crippen LogP contribution >= 0.6 is 0 Å². The molecule has 0 heterocycles. The Bertz CT molecular complexity index is 1180. The van der Waals surface area contributed by atoms with Gasteiger partial charge in [0.05, 0.1) is 18.8 Å². The molecule has 76 heavy (non-hydrogen) atoms. The molecule has 0 radical (unpaired) electrons. The van der Waals surface area contributed by atoms with E-state index in [9.17, 15) is 20.1 Å². The maximum absolute atomic E-state index is 12.6. The van der Waals surface area contributed by atoms with Gasteiger partial charge in [0.15, 0.2) is 0 Å². The smallest absolute Gasteiger partial charge is 0.220 e. The maximum Gasteiger partial charge on any atom is 0.220 e. The van der Waals surface area contributed by atoms with Crippen molar-refractivity contribution in [3.05, 3.63) is 36.5 Å². The van der Waals surface area contributed by atoms with Crippen molar-refractivity contribution in [3.8, 4) is 0 Å². The van der Waals surface area contributed by atoms with E-state index in [1.165, 1.54) is 315 Å². The number of unbranched alkanes of at least 4 members (excludes halogenated alkanes) is 51. The minimum atomic E-state index is -1.16. The Balaban J connectivity index is 3.48. The van der Waals surface area contributed by atoms with E-state index in [2.05, 4.69) is 55.6 Å². The molecule has 450 valence electrons. The van der Waals surface area contributed by atoms with E-state index in [0.717, 1.165) is 44.9 Å². The van der Waals surface area contributed by atoms with Crippen molar-refractivity contribution in [2.24, 2.45) is 0 Å². The highest BCUT2D eigenvalue weighted by Gasteiger charge is 2.26. The van der Waals surface area contributed by atoms with E-state index in [4.69, 9.17) is 0 Å². The lowest BCUT2D eigenvalue weighted by Crippen LogP contribution is -2.50. The number of allylic oxidation sites excluding steroid dienone is 6. The van der Waals surface area contributed by atoms with Crippen LogP contribution in [-0.4, -0.2) is 46.1 Å². The predicted molar refractivity (Wildman–Crippen MR) is 338 cm³/mol. The zero-order valence-electron chi connectivity index (χ0n) is 51.7. The number of nitrogens with one attached hydrogen (secondary N) is 1. The third-order valence-corrected chi connectivity index (χ3v) is 16.5. The minimum absolute atomic E-state index is 0.148. The van der Waals surface area contributed by atoms with Gasteiger partial charge in [-0.05, 0) is 70.6 Å². The van der Waals surface area contributed by atoms with E-state index in [1.54, 1.807) is 0 Å². The Morgan fingerprint density at radius 2 is 0.566 bits per heavy atom. The standard InChI is InChI=1S/C71H137NO4/c1-3-5-7-9-11-13-15-17-19-21-23-25-27-28-29-30-31-32-33-34-35-36-37-38-39-40-41-42-44-46-48-50-52-54-56-58-60-62-64-66-70(75)72-68(67-73)71(76)69(74)65-63-61-59-57-55-53-51-49-47-45-43-26-24-22-20-18-16-14-12-10-8-6-4-2/h31-32,34-35,57,59,68-69,71,73-74,76H,3-30,33,36-56,58,60-67H2,1-2H3,(H,72,75)/b32-31-,35-34-,59-57+. The normalized spacial score (nSPS) is 13.3. The van der Waals surface area contributed by atoms with Gasteiger partial charge in [0.2, 0.25) is 5.91 Å². The monoisotopic (exact) mass is 1070 g/mol. The SMILES string of the molecule is CCCCCCCCCCCCCCCCC/C=C\C/C=C\CCCCCCCCCCCCCCCCCCCC(=O)NC(CO)C(O)C(O)CCC/C=C/CCCCCCCCCCCCCCCCCCCC. The van der Waals surface area contributed by atoms with Crippen LogP contribution in [0.2, 0.25) is 0 Å². The van der Waals surface area contributed by atoms with Crippen molar-refractivity contribution in [1.29, 1.82) is 0 Å². The summed E-state index contributed by atoms with van der Waals surface area (Å²) < 4.78 is 0. The van der Waals surface area contributed by atoms with Gasteiger partial charge in [0, 0.05) is 6.42 Å². The fraction of sp³-hybridized carbons (Fsp3) is 0.901. The molecule has 5 nitrogen and oxygen atoms in total. The average molecular weight is 1070 g/mol. The van der Waals surface area contributed by atoms with Crippen LogP contribution in [0.5, 0.6) is 0 Å². The molecule has 0 saturated heterocycles. The lowest BCUT2D eigenvalue weighted by Gasteiger charge is -2.26. The summed E-state index contributed by atoms with van der Waals surface area (Å²) in [7, 11) is 0. The zero-order valence-corrected chi connectivity index (χ0v) is 51.7. The molecule has 0 aliphatic carbocycles. The molecule has 0 rings (SSSR count). The Morgan fingerprint density at radius 3 is 0.842 bits per heavy atom. The fourth-order valence-corrected chi connectivity index (χ4v) is 11.1. The number of hydrogen-bond donors (Lipinski definition) is 4. The highest BCUT2D eigenvalue weighted by atomic mass is 16.3. The van der Waals surface area contributed by atoms with Crippen LogP contribution < -0.4 is 5.32 Å². The molecule has 1 amide bonds. The minimum Gasteiger partial charge on any atom is -0.394 e. The van der Waals surface area contributed by atoms with Crippen LogP contribution in [0.3, 0.4) is 0 Å². The summed E-state index contributed by atoms with van der Waals surface area (Å²) in [5.41, 5.74) is 0. The molecule has 3 unspecified atom stereocenters. The van der Waals surface area contributed by atoms with E-state index >= 15 is 0 Å². The first-order chi connectivity index (χ1) is 37.6. The lowest BCUT2D eigenvalue weighted by molar-refractivity contribution is -0.124. The van der Waals surface area contributed by atoms with Gasteiger partial charge in [0.25, 0.3) is 0 Å². The number of rotatable bonds is 65. The highest BCUT2D eigenvalue weighted by Crippen LogP contribution is 2.19. The molecule has 4 N–H and O–H groups in total. The molecule has 0 aromatic rings. The summed E-state index contributed by atoms with van der Waals surface area (Å²) in [6, 6.07) is -0.827. The molecule has 0 spiro atoms. The number of carbonyl (C=O) groups is 1. The highest BCUT2D eigenvalue weighted by molar-refractivity contribution is 5.76. The van der Waals surface area contributed by atoms with Gasteiger partial charge >= 0.3 is 0 Å². The first-order valence-electron chi connectivity index (χ1n) is 34.8. The van der Waals surface area contributed by atoms with Crippen LogP contribution in [0.15, 0.2) is 36.5 Å². The van der Waals surface area contributed by atoms with Crippen LogP contribution in [0.4, 0.5) is 0 Å². The van der Waals surface area contributed by atoms with E-state index < -0.39 is 18.2 Å². The first-order valence-corrected chi connectivity index (χ1v) is 34.8. The quantitative estimate of drug-likeness (QED) is 0.0361. The van der Waals surface area contributed by atoms with Gasteiger partial charge < -0.3 is 20.6 Å². The zero-order chi connectivity index (χ0) is 55.0. The van der Waals surface area contributed by atoms with Gasteiger partial charge in [-0.15, -0.1) is 0 Å². The number of amides is 1. The van der Waals surface area contributed by atoms with Crippen LogP contribution in [0.25, 0.3) is 0 Å². The number of carbonyl (C=O) groups excluding carboxylic acids is 1. The molecule has 5 heteroatoms. The summed E-state index contributed by atoms with van der Waals surface area (Å²) in [4.78, 5) is 12.6. The van der Waals surface area contributed by atoms with Crippen LogP contribution in [-0.2, 0) is 4.79 Å². The molecule has 0 aromatic carbocycles. The second-order valence-corrected chi connectivity index (χ2v) is 24.1. The van der Waals surface area contributed by atoms with E-state index in [-0.39, 0.29) is 12.5 Å². The largest absolute Gasteiger partial charge is 0.394 e. The molecular weight excluding hydrogens is 931 g/mol. The van der Waals surface area contributed by atoms with Crippen molar-refractivity contribution >= 4 is 5.91 Å². The van der Waals surface area contributed by atoms with Gasteiger partial charge in [-0.1, -0.05) is 346 Å². The number of aliphatic hydroxyl groups is 3. The topological polar surface area (TPSA) is 89.8 Å². The molecule has 3 atom stereocenters. The molecule has 0 aromatic heterocycles. The third kappa shape index (κ3) is 60.2. The Kier molecular flexibility index (Phi) is 64.8. The average Bonchev–Trinajstić information content (AvgIpc) is 3.42. The molecule has 0 fully saturated rings. The van der Waals surface area contributed by atoms with E-state index in [1.807, 2.05) is 0 Å². The second kappa shape index (κ2) is 66.1. The van der Waals surface area contributed by atoms with E-state index in [0.29, 0.717) is 12.8 Å². The lowest BCUT2D eigenvalue weighted by atomic mass is 10.0. The summed E-state index contributed by atoms with van der Waals surface area (Å²) in [5.74, 6) is -0.148. The summed E-state index contributed by atoms with van der Waals surface area (Å²) in [6.07, 6.45) is 88.0. The number of aliphatic hydroxyl groups excluding tert-OH is 3. The predicted octanol–water partition coefficient (Wildman–Crippen LogP) is 22.5. The van der Waals surface area contributed by atoms with Crippen molar-refractivity contribution in [1.82, 2.24) is 5.32 Å². The molecule has 0 bridgehead atoms. The Hall–Kier alpha value is -1.43. The van der Waals surface area contributed by atoms with Gasteiger partial charge in [-0.25, -0.2) is 0 Å². The van der Waals surface area contributed by atoms with Crippen molar-refractivity contribution in [3.63, 3.8) is 0 Å². The van der Waals surface area contributed by atoms with Crippen LogP contribution in [0.1, 0.15) is 386 Å². The van der Waals surface area contributed by atoms with Gasteiger partial charge in [-0.3, -0.25) is 4.79 Å². The maximum atomic E-state index is 12.6. The molecule has 0 aliphatic rings. The Morgan fingerprint density at radius 1 is 0.329 bits per heavy atom. The molecule has 0 saturated carbocycles. The second-order valence-electron chi connectivity index (χ2n) is 24.1. The van der Waals surface area contributed by atoms with Gasteiger partial charge in [0.1, 0.15) is 6.10 Å². The first kappa shape index (κ1) is 74.6. The van der Waals surface area contributed by atoms with Crippen molar-refractivity contribution in [2.45, 2.75) is 405 Å². The molecule has 0 aliphatic heterocycles.